The maximum absolute atomic E-state index is 13.2. The number of benzene rings is 1. The number of nitrogens with zero attached hydrogens (tertiary/aromatic N) is 1. The lowest BCUT2D eigenvalue weighted by molar-refractivity contribution is -0.146. The lowest BCUT2D eigenvalue weighted by atomic mass is 9.86. The summed E-state index contributed by atoms with van der Waals surface area (Å²) in [5.74, 6) is -1.22. The highest BCUT2D eigenvalue weighted by Gasteiger charge is 2.31. The van der Waals surface area contributed by atoms with Gasteiger partial charge in [-0.15, -0.1) is 0 Å². The van der Waals surface area contributed by atoms with Crippen molar-refractivity contribution >= 4 is 17.8 Å². The van der Waals surface area contributed by atoms with Crippen LogP contribution in [-0.4, -0.2) is 53.6 Å². The Labute approximate surface area is 197 Å². The van der Waals surface area contributed by atoms with E-state index in [1.165, 1.54) is 0 Å². The molecule has 2 rings (SSSR count). The molecule has 1 aliphatic rings. The summed E-state index contributed by atoms with van der Waals surface area (Å²) in [6.45, 7) is 6.48. The molecule has 2 unspecified atom stereocenters. The molecule has 0 fully saturated rings. The zero-order valence-corrected chi connectivity index (χ0v) is 20.1. The minimum atomic E-state index is -0.549. The van der Waals surface area contributed by atoms with Crippen LogP contribution in [0.15, 0.2) is 42.5 Å². The topological polar surface area (TPSA) is 95.9 Å². The maximum atomic E-state index is 13.2. The highest BCUT2D eigenvalue weighted by molar-refractivity contribution is 5.86. The summed E-state index contributed by atoms with van der Waals surface area (Å²) < 4.78 is 5.42. The Hall–Kier alpha value is -2.67. The number of ether oxygens (including phenoxy) is 1. The quantitative estimate of drug-likeness (QED) is 0.504. The van der Waals surface area contributed by atoms with Crippen molar-refractivity contribution in [3.05, 3.63) is 48.0 Å². The normalized spacial score (nSPS) is 20.6. The van der Waals surface area contributed by atoms with Crippen molar-refractivity contribution in [2.75, 3.05) is 19.8 Å². The lowest BCUT2D eigenvalue weighted by Gasteiger charge is -2.32. The molecular weight excluding hydrogens is 420 g/mol. The van der Waals surface area contributed by atoms with Gasteiger partial charge in [-0.25, -0.2) is 0 Å². The third kappa shape index (κ3) is 9.38. The SMILES string of the molecule is CC(C)(C)C1COC(=O)CCCC=CCC(CC(=O)N(CCO)Cc2ccccc2)C(=O)N1. The van der Waals surface area contributed by atoms with Gasteiger partial charge in [-0.3, -0.25) is 14.4 Å². The Morgan fingerprint density at radius 1 is 1.18 bits per heavy atom. The summed E-state index contributed by atoms with van der Waals surface area (Å²) in [6.07, 6.45) is 6.08. The van der Waals surface area contributed by atoms with Gasteiger partial charge in [0, 0.05) is 25.9 Å². The zero-order chi connectivity index (χ0) is 24.3. The van der Waals surface area contributed by atoms with Crippen molar-refractivity contribution in [3.8, 4) is 0 Å². The van der Waals surface area contributed by atoms with Crippen LogP contribution in [0.4, 0.5) is 0 Å². The van der Waals surface area contributed by atoms with Gasteiger partial charge in [-0.2, -0.15) is 0 Å². The minimum Gasteiger partial charge on any atom is -0.463 e. The fourth-order valence-corrected chi connectivity index (χ4v) is 3.63. The predicted molar refractivity (Wildman–Crippen MR) is 127 cm³/mol. The van der Waals surface area contributed by atoms with Gasteiger partial charge >= 0.3 is 5.97 Å². The standard InChI is InChI=1S/C26H38N2O5/c1-26(2,3)22-19-33-24(31)14-10-5-4-9-13-21(25(32)27-22)17-23(30)28(15-16-29)18-20-11-7-6-8-12-20/h4,6-9,11-12,21-22,29H,5,10,13-19H2,1-3H3,(H,27,32). The largest absolute Gasteiger partial charge is 0.463 e. The average molecular weight is 459 g/mol. The molecule has 2 N–H and O–H groups in total. The molecule has 182 valence electrons. The van der Waals surface area contributed by atoms with Crippen LogP contribution in [0, 0.1) is 11.3 Å². The smallest absolute Gasteiger partial charge is 0.305 e. The Balaban J connectivity index is 2.17. The van der Waals surface area contributed by atoms with Crippen molar-refractivity contribution in [2.24, 2.45) is 11.3 Å². The molecule has 33 heavy (non-hydrogen) atoms. The van der Waals surface area contributed by atoms with Gasteiger partial charge in [0.1, 0.15) is 6.61 Å². The van der Waals surface area contributed by atoms with Gasteiger partial charge < -0.3 is 20.1 Å². The lowest BCUT2D eigenvalue weighted by Crippen LogP contribution is -2.49. The number of aliphatic hydroxyl groups excluding tert-OH is 1. The fourth-order valence-electron chi connectivity index (χ4n) is 3.63. The van der Waals surface area contributed by atoms with Crippen LogP contribution < -0.4 is 5.32 Å². The molecule has 1 heterocycles. The number of aliphatic hydroxyl groups is 1. The van der Waals surface area contributed by atoms with E-state index in [-0.39, 0.29) is 55.4 Å². The van der Waals surface area contributed by atoms with E-state index in [9.17, 15) is 19.5 Å². The fraction of sp³-hybridized carbons (Fsp3) is 0.577. The van der Waals surface area contributed by atoms with Crippen molar-refractivity contribution in [1.29, 1.82) is 0 Å². The molecule has 2 atom stereocenters. The number of esters is 1. The Morgan fingerprint density at radius 2 is 1.91 bits per heavy atom. The summed E-state index contributed by atoms with van der Waals surface area (Å²) in [6, 6.07) is 9.22. The number of cyclic esters (lactones) is 1. The van der Waals surface area contributed by atoms with Crippen molar-refractivity contribution in [1.82, 2.24) is 10.2 Å². The van der Waals surface area contributed by atoms with Crippen LogP contribution in [0.5, 0.6) is 0 Å². The van der Waals surface area contributed by atoms with E-state index >= 15 is 0 Å². The first-order valence-corrected chi connectivity index (χ1v) is 11.7. The van der Waals surface area contributed by atoms with Crippen LogP contribution in [0.3, 0.4) is 0 Å². The van der Waals surface area contributed by atoms with E-state index < -0.39 is 5.92 Å². The number of hydrogen-bond donors (Lipinski definition) is 2. The second-order valence-corrected chi connectivity index (χ2v) is 9.64. The molecule has 0 spiro atoms. The van der Waals surface area contributed by atoms with Crippen molar-refractivity contribution in [2.45, 2.75) is 65.5 Å². The maximum Gasteiger partial charge on any atom is 0.305 e. The highest BCUT2D eigenvalue weighted by atomic mass is 16.5. The molecule has 0 aromatic heterocycles. The third-order valence-electron chi connectivity index (χ3n) is 5.84. The van der Waals surface area contributed by atoms with Gasteiger partial charge in [-0.1, -0.05) is 63.3 Å². The van der Waals surface area contributed by atoms with Crippen LogP contribution >= 0.6 is 0 Å². The number of hydrogen-bond acceptors (Lipinski definition) is 5. The van der Waals surface area contributed by atoms with Crippen molar-refractivity contribution < 1.29 is 24.2 Å². The molecule has 0 saturated heterocycles. The molecule has 0 bridgehead atoms. The molecule has 2 amide bonds. The van der Waals surface area contributed by atoms with E-state index in [2.05, 4.69) is 5.32 Å². The Kier molecular flexibility index (Phi) is 10.6. The van der Waals surface area contributed by atoms with Gasteiger partial charge in [0.05, 0.1) is 18.6 Å². The molecule has 0 aliphatic carbocycles. The summed E-state index contributed by atoms with van der Waals surface area (Å²) in [5.41, 5.74) is 0.643. The van der Waals surface area contributed by atoms with Crippen LogP contribution in [0.1, 0.15) is 58.4 Å². The van der Waals surface area contributed by atoms with Gasteiger partial charge in [0.15, 0.2) is 0 Å². The van der Waals surface area contributed by atoms with Crippen LogP contribution in [0.25, 0.3) is 0 Å². The minimum absolute atomic E-state index is 0.0413. The molecule has 7 nitrogen and oxygen atoms in total. The molecular formula is C26H38N2O5. The summed E-state index contributed by atoms with van der Waals surface area (Å²) in [4.78, 5) is 40.0. The molecule has 1 aromatic carbocycles. The van der Waals surface area contributed by atoms with E-state index in [4.69, 9.17) is 4.74 Å². The van der Waals surface area contributed by atoms with Crippen LogP contribution in [-0.2, 0) is 25.7 Å². The number of allylic oxidation sites excluding steroid dienone is 2. The number of rotatable bonds is 6. The second-order valence-electron chi connectivity index (χ2n) is 9.64. The van der Waals surface area contributed by atoms with E-state index in [0.29, 0.717) is 32.2 Å². The number of carbonyl (C=O) groups is 3. The van der Waals surface area contributed by atoms with Crippen molar-refractivity contribution in [3.63, 3.8) is 0 Å². The van der Waals surface area contributed by atoms with E-state index in [1.54, 1.807) is 4.90 Å². The zero-order valence-electron chi connectivity index (χ0n) is 20.1. The highest BCUT2D eigenvalue weighted by Crippen LogP contribution is 2.22. The van der Waals surface area contributed by atoms with Gasteiger partial charge in [-0.05, 0) is 30.2 Å². The third-order valence-corrected chi connectivity index (χ3v) is 5.84. The summed E-state index contributed by atoms with van der Waals surface area (Å²) >= 11 is 0. The monoisotopic (exact) mass is 458 g/mol. The van der Waals surface area contributed by atoms with E-state index in [0.717, 1.165) is 5.56 Å². The number of carbonyl (C=O) groups excluding carboxylic acids is 3. The van der Waals surface area contributed by atoms with Gasteiger partial charge in [0.25, 0.3) is 0 Å². The van der Waals surface area contributed by atoms with Crippen LogP contribution in [0.2, 0.25) is 0 Å². The first kappa shape index (κ1) is 26.6. The predicted octanol–water partition coefficient (Wildman–Crippen LogP) is 3.22. The first-order chi connectivity index (χ1) is 15.7. The van der Waals surface area contributed by atoms with E-state index in [1.807, 2.05) is 63.3 Å². The second kappa shape index (κ2) is 13.1. The molecule has 1 aliphatic heterocycles. The first-order valence-electron chi connectivity index (χ1n) is 11.7. The van der Waals surface area contributed by atoms with Gasteiger partial charge in [0.2, 0.25) is 11.8 Å². The Bertz CT molecular complexity index is 801. The molecule has 0 radical (unpaired) electrons. The Morgan fingerprint density at radius 3 is 2.58 bits per heavy atom. The average Bonchev–Trinajstić information content (AvgIpc) is 2.78. The summed E-state index contributed by atoms with van der Waals surface area (Å²) in [5, 5.41) is 12.5. The molecule has 1 aromatic rings. The molecule has 7 heteroatoms. The summed E-state index contributed by atoms with van der Waals surface area (Å²) in [7, 11) is 0. The molecule has 0 saturated carbocycles. The number of nitrogens with one attached hydrogen (secondary N) is 1. The number of amides is 2.